The van der Waals surface area contributed by atoms with Crippen LogP contribution in [0.2, 0.25) is 0 Å². The van der Waals surface area contributed by atoms with Gasteiger partial charge in [-0.25, -0.2) is 4.98 Å². The molecule has 4 nitrogen and oxygen atoms in total. The molecule has 1 rings (SSSR count). The van der Waals surface area contributed by atoms with Crippen LogP contribution in [0, 0.1) is 0 Å². The number of aromatic nitrogens is 3. The minimum Gasteiger partial charge on any atom is -0.312 e. The Morgan fingerprint density at radius 2 is 2.54 bits per heavy atom. The predicted octanol–water partition coefficient (Wildman–Crippen LogP) is 0.856. The van der Waals surface area contributed by atoms with Crippen molar-refractivity contribution in [1.82, 2.24) is 20.1 Å². The zero-order valence-electron chi connectivity index (χ0n) is 7.63. The van der Waals surface area contributed by atoms with Crippen LogP contribution < -0.4 is 5.32 Å². The molecule has 0 aliphatic carbocycles. The van der Waals surface area contributed by atoms with Crippen LogP contribution in [0.1, 0.15) is 5.82 Å². The lowest BCUT2D eigenvalue weighted by Gasteiger charge is -1.99. The molecule has 0 atom stereocenters. The molecular formula is C8H13BrN4. The van der Waals surface area contributed by atoms with Gasteiger partial charge in [-0.2, -0.15) is 5.10 Å². The first-order valence-corrected chi connectivity index (χ1v) is 4.86. The molecule has 0 spiro atoms. The SMILES string of the molecule is C=C(Br)CNCCc1ncn(C)n1. The molecular weight excluding hydrogens is 232 g/mol. The van der Waals surface area contributed by atoms with Crippen molar-refractivity contribution >= 4 is 15.9 Å². The largest absolute Gasteiger partial charge is 0.312 e. The van der Waals surface area contributed by atoms with Gasteiger partial charge in [0.15, 0.2) is 5.82 Å². The van der Waals surface area contributed by atoms with Gasteiger partial charge in [-0.15, -0.1) is 0 Å². The molecule has 1 aromatic rings. The van der Waals surface area contributed by atoms with Crippen LogP contribution in [0.25, 0.3) is 0 Å². The van der Waals surface area contributed by atoms with Crippen molar-refractivity contribution in [2.24, 2.45) is 7.05 Å². The average Bonchev–Trinajstić information content (AvgIpc) is 2.45. The molecule has 0 fully saturated rings. The van der Waals surface area contributed by atoms with E-state index < -0.39 is 0 Å². The smallest absolute Gasteiger partial charge is 0.151 e. The van der Waals surface area contributed by atoms with Gasteiger partial charge in [0.25, 0.3) is 0 Å². The van der Waals surface area contributed by atoms with Gasteiger partial charge in [0.2, 0.25) is 0 Å². The molecule has 1 N–H and O–H groups in total. The van der Waals surface area contributed by atoms with E-state index in [-0.39, 0.29) is 0 Å². The summed E-state index contributed by atoms with van der Waals surface area (Å²) in [4.78, 5) is 4.11. The summed E-state index contributed by atoms with van der Waals surface area (Å²) in [5, 5.41) is 7.37. The van der Waals surface area contributed by atoms with Gasteiger partial charge in [0.05, 0.1) is 0 Å². The van der Waals surface area contributed by atoms with E-state index in [9.17, 15) is 0 Å². The van der Waals surface area contributed by atoms with Crippen LogP contribution in [-0.4, -0.2) is 27.9 Å². The number of halogens is 1. The zero-order chi connectivity index (χ0) is 9.68. The van der Waals surface area contributed by atoms with Crippen molar-refractivity contribution in [1.29, 1.82) is 0 Å². The van der Waals surface area contributed by atoms with Crippen molar-refractivity contribution in [3.63, 3.8) is 0 Å². The highest BCUT2D eigenvalue weighted by Gasteiger charge is 1.97. The summed E-state index contributed by atoms with van der Waals surface area (Å²) in [7, 11) is 1.87. The molecule has 0 unspecified atom stereocenters. The van der Waals surface area contributed by atoms with Gasteiger partial charge in [-0.3, -0.25) is 4.68 Å². The lowest BCUT2D eigenvalue weighted by molar-refractivity contribution is 0.695. The average molecular weight is 245 g/mol. The maximum Gasteiger partial charge on any atom is 0.151 e. The van der Waals surface area contributed by atoms with E-state index in [1.54, 1.807) is 11.0 Å². The Morgan fingerprint density at radius 3 is 3.08 bits per heavy atom. The van der Waals surface area contributed by atoms with Gasteiger partial charge < -0.3 is 5.32 Å². The van der Waals surface area contributed by atoms with E-state index >= 15 is 0 Å². The number of hydrogen-bond donors (Lipinski definition) is 1. The highest BCUT2D eigenvalue weighted by Crippen LogP contribution is 1.96. The third-order valence-electron chi connectivity index (χ3n) is 1.49. The zero-order valence-corrected chi connectivity index (χ0v) is 9.21. The lowest BCUT2D eigenvalue weighted by Crippen LogP contribution is -2.18. The van der Waals surface area contributed by atoms with Gasteiger partial charge in [0, 0.05) is 31.0 Å². The first-order valence-electron chi connectivity index (χ1n) is 4.07. The van der Waals surface area contributed by atoms with E-state index in [0.29, 0.717) is 0 Å². The standard InChI is InChI=1S/C8H13BrN4/c1-7(9)5-10-4-3-8-11-6-13(2)12-8/h6,10H,1,3-5H2,2H3. The number of hydrogen-bond acceptors (Lipinski definition) is 3. The summed E-state index contributed by atoms with van der Waals surface area (Å²) in [5.41, 5.74) is 0. The third kappa shape index (κ3) is 4.19. The fraction of sp³-hybridized carbons (Fsp3) is 0.500. The van der Waals surface area contributed by atoms with Crippen molar-refractivity contribution < 1.29 is 0 Å². The molecule has 1 heterocycles. The van der Waals surface area contributed by atoms with Gasteiger partial charge in [-0.05, 0) is 0 Å². The molecule has 0 aromatic carbocycles. The molecule has 0 aliphatic heterocycles. The summed E-state index contributed by atoms with van der Waals surface area (Å²) in [6, 6.07) is 0. The Labute approximate surface area is 86.2 Å². The van der Waals surface area contributed by atoms with Crippen LogP contribution in [-0.2, 0) is 13.5 Å². The summed E-state index contributed by atoms with van der Waals surface area (Å²) >= 11 is 3.27. The molecule has 0 saturated carbocycles. The molecule has 13 heavy (non-hydrogen) atoms. The van der Waals surface area contributed by atoms with Crippen LogP contribution >= 0.6 is 15.9 Å². The van der Waals surface area contributed by atoms with Crippen molar-refractivity contribution in [2.45, 2.75) is 6.42 Å². The van der Waals surface area contributed by atoms with Crippen LogP contribution in [0.15, 0.2) is 17.4 Å². The molecule has 0 radical (unpaired) electrons. The fourth-order valence-electron chi connectivity index (χ4n) is 0.923. The first kappa shape index (κ1) is 10.4. The molecule has 0 bridgehead atoms. The Kier molecular flexibility index (Phi) is 4.11. The Balaban J connectivity index is 2.16. The van der Waals surface area contributed by atoms with Crippen LogP contribution in [0.3, 0.4) is 0 Å². The highest BCUT2D eigenvalue weighted by atomic mass is 79.9. The second kappa shape index (κ2) is 5.14. The third-order valence-corrected chi connectivity index (χ3v) is 1.77. The molecule has 5 heteroatoms. The fourth-order valence-corrected chi connectivity index (χ4v) is 1.12. The molecule has 1 aromatic heterocycles. The first-order chi connectivity index (χ1) is 6.18. The van der Waals surface area contributed by atoms with Gasteiger partial charge >= 0.3 is 0 Å². The minimum atomic E-state index is 0.785. The summed E-state index contributed by atoms with van der Waals surface area (Å²) in [6.45, 7) is 5.38. The molecule has 0 aliphatic rings. The van der Waals surface area contributed by atoms with Gasteiger partial charge in [-0.1, -0.05) is 22.5 Å². The normalized spacial score (nSPS) is 10.3. The maximum atomic E-state index is 4.16. The Hall–Kier alpha value is -0.680. The van der Waals surface area contributed by atoms with Crippen LogP contribution in [0.4, 0.5) is 0 Å². The second-order valence-corrected chi connectivity index (χ2v) is 3.90. The summed E-state index contributed by atoms with van der Waals surface area (Å²) in [6.07, 6.45) is 2.56. The minimum absolute atomic E-state index is 0.785. The number of nitrogens with zero attached hydrogens (tertiary/aromatic N) is 3. The molecule has 0 amide bonds. The maximum absolute atomic E-state index is 4.16. The number of aryl methyl sites for hydroxylation is 1. The van der Waals surface area contributed by atoms with Crippen LogP contribution in [0.5, 0.6) is 0 Å². The number of rotatable bonds is 5. The van der Waals surface area contributed by atoms with Crippen molar-refractivity contribution in [3.8, 4) is 0 Å². The second-order valence-electron chi connectivity index (χ2n) is 2.78. The van der Waals surface area contributed by atoms with E-state index in [1.165, 1.54) is 0 Å². The van der Waals surface area contributed by atoms with Crippen molar-refractivity contribution in [2.75, 3.05) is 13.1 Å². The quantitative estimate of drug-likeness (QED) is 0.782. The van der Waals surface area contributed by atoms with E-state index in [0.717, 1.165) is 29.8 Å². The van der Waals surface area contributed by atoms with E-state index in [1.807, 2.05) is 7.05 Å². The van der Waals surface area contributed by atoms with E-state index in [4.69, 9.17) is 0 Å². The summed E-state index contributed by atoms with van der Waals surface area (Å²) in [5.74, 6) is 0.871. The van der Waals surface area contributed by atoms with Gasteiger partial charge in [0.1, 0.15) is 6.33 Å². The predicted molar refractivity (Wildman–Crippen MR) is 55.6 cm³/mol. The topological polar surface area (TPSA) is 42.7 Å². The Bertz CT molecular complexity index is 281. The van der Waals surface area contributed by atoms with Crippen molar-refractivity contribution in [3.05, 3.63) is 23.2 Å². The molecule has 0 saturated heterocycles. The molecule has 72 valence electrons. The lowest BCUT2D eigenvalue weighted by atomic mass is 10.4. The highest BCUT2D eigenvalue weighted by molar-refractivity contribution is 9.11. The number of nitrogens with one attached hydrogen (secondary N) is 1. The van der Waals surface area contributed by atoms with E-state index in [2.05, 4.69) is 37.9 Å². The monoisotopic (exact) mass is 244 g/mol. The Morgan fingerprint density at radius 1 is 1.77 bits per heavy atom. The summed E-state index contributed by atoms with van der Waals surface area (Å²) < 4.78 is 2.67.